The molecule has 1 fully saturated rings. The van der Waals surface area contributed by atoms with E-state index in [1.54, 1.807) is 0 Å². The number of benzene rings is 1. The maximum absolute atomic E-state index is 12.8. The fraction of sp³-hybridized carbons (Fsp3) is 0.600. The van der Waals surface area contributed by atoms with Gasteiger partial charge in [0.2, 0.25) is 0 Å². The van der Waals surface area contributed by atoms with E-state index in [-0.39, 0.29) is 0 Å². The number of nitrogens with zero attached hydrogens (tertiary/aromatic N) is 1. The van der Waals surface area contributed by atoms with E-state index in [0.29, 0.717) is 22.1 Å². The van der Waals surface area contributed by atoms with Crippen molar-refractivity contribution in [3.05, 3.63) is 28.2 Å². The quantitative estimate of drug-likeness (QED) is 0.856. The van der Waals surface area contributed by atoms with Crippen molar-refractivity contribution in [1.29, 1.82) is 0 Å². The van der Waals surface area contributed by atoms with E-state index in [4.69, 9.17) is 0 Å². The molecule has 6 heteroatoms. The molecule has 1 saturated heterocycles. The number of anilines is 1. The standard InChI is InChI=1S/C15H20BrF3N2/c1-10(2)20-8-11-5-6-21(9-11)14-7-12(15(17,18)19)3-4-13(14)16/h3-4,7,10-11,20H,5-6,8-9H2,1-2H3. The number of alkyl halides is 3. The molecule has 1 aromatic rings. The van der Waals surface area contributed by atoms with Gasteiger partial charge in [-0.15, -0.1) is 0 Å². The lowest BCUT2D eigenvalue weighted by molar-refractivity contribution is -0.137. The minimum Gasteiger partial charge on any atom is -0.370 e. The molecule has 1 aliphatic heterocycles. The second kappa shape index (κ2) is 6.57. The summed E-state index contributed by atoms with van der Waals surface area (Å²) in [7, 11) is 0. The van der Waals surface area contributed by atoms with E-state index in [9.17, 15) is 13.2 Å². The van der Waals surface area contributed by atoms with Crippen LogP contribution in [0.3, 0.4) is 0 Å². The molecular formula is C15H20BrF3N2. The largest absolute Gasteiger partial charge is 0.416 e. The molecule has 1 heterocycles. The van der Waals surface area contributed by atoms with E-state index in [2.05, 4.69) is 35.1 Å². The Labute approximate surface area is 131 Å². The molecule has 0 saturated carbocycles. The van der Waals surface area contributed by atoms with Crippen LogP contribution in [0.25, 0.3) is 0 Å². The van der Waals surface area contributed by atoms with Gasteiger partial charge in [0.1, 0.15) is 0 Å². The van der Waals surface area contributed by atoms with Crippen LogP contribution in [-0.4, -0.2) is 25.7 Å². The Morgan fingerprint density at radius 1 is 1.38 bits per heavy atom. The molecule has 0 bridgehead atoms. The third-order valence-corrected chi connectivity index (χ3v) is 4.39. The van der Waals surface area contributed by atoms with E-state index in [1.807, 2.05) is 4.90 Å². The zero-order valence-corrected chi connectivity index (χ0v) is 13.8. The van der Waals surface area contributed by atoms with Gasteiger partial charge in [0, 0.05) is 23.6 Å². The minimum absolute atomic E-state index is 0.430. The number of rotatable bonds is 4. The van der Waals surface area contributed by atoms with Gasteiger partial charge in [0.15, 0.2) is 0 Å². The van der Waals surface area contributed by atoms with Gasteiger partial charge in [-0.05, 0) is 53.0 Å². The van der Waals surface area contributed by atoms with Crippen molar-refractivity contribution < 1.29 is 13.2 Å². The summed E-state index contributed by atoms with van der Waals surface area (Å²) in [6, 6.07) is 4.26. The Morgan fingerprint density at radius 3 is 2.71 bits per heavy atom. The lowest BCUT2D eigenvalue weighted by Gasteiger charge is -2.22. The number of halogens is 4. The van der Waals surface area contributed by atoms with Crippen molar-refractivity contribution >= 4 is 21.6 Å². The Hall–Kier alpha value is -0.750. The monoisotopic (exact) mass is 364 g/mol. The average molecular weight is 365 g/mol. The third kappa shape index (κ3) is 4.36. The summed E-state index contributed by atoms with van der Waals surface area (Å²) in [6.07, 6.45) is -3.30. The highest BCUT2D eigenvalue weighted by molar-refractivity contribution is 9.10. The molecule has 0 aliphatic carbocycles. The van der Waals surface area contributed by atoms with E-state index >= 15 is 0 Å². The fourth-order valence-corrected chi connectivity index (χ4v) is 3.05. The molecule has 21 heavy (non-hydrogen) atoms. The van der Waals surface area contributed by atoms with Crippen molar-refractivity contribution in [3.8, 4) is 0 Å². The Balaban J connectivity index is 2.09. The molecule has 2 nitrogen and oxygen atoms in total. The van der Waals surface area contributed by atoms with Crippen molar-refractivity contribution in [3.63, 3.8) is 0 Å². The molecule has 1 atom stereocenters. The Morgan fingerprint density at radius 2 is 2.10 bits per heavy atom. The van der Waals surface area contributed by atoms with Gasteiger partial charge >= 0.3 is 6.18 Å². The lowest BCUT2D eigenvalue weighted by Crippen LogP contribution is -2.30. The summed E-state index contributed by atoms with van der Waals surface area (Å²) in [5, 5.41) is 3.39. The van der Waals surface area contributed by atoms with Crippen molar-refractivity contribution in [2.75, 3.05) is 24.5 Å². The van der Waals surface area contributed by atoms with Crippen LogP contribution < -0.4 is 10.2 Å². The Bertz CT molecular complexity index is 488. The predicted octanol–water partition coefficient (Wildman–Crippen LogP) is 4.29. The van der Waals surface area contributed by atoms with E-state index in [1.165, 1.54) is 12.1 Å². The van der Waals surface area contributed by atoms with Crippen LogP contribution in [0.2, 0.25) is 0 Å². The van der Waals surface area contributed by atoms with Gasteiger partial charge in [0.05, 0.1) is 11.3 Å². The zero-order chi connectivity index (χ0) is 15.6. The lowest BCUT2D eigenvalue weighted by atomic mass is 10.1. The number of hydrogen-bond acceptors (Lipinski definition) is 2. The second-order valence-corrected chi connectivity index (χ2v) is 6.68. The molecule has 0 amide bonds. The highest BCUT2D eigenvalue weighted by Gasteiger charge is 2.32. The number of hydrogen-bond donors (Lipinski definition) is 1. The van der Waals surface area contributed by atoms with Gasteiger partial charge in [-0.1, -0.05) is 13.8 Å². The van der Waals surface area contributed by atoms with Crippen LogP contribution in [0.4, 0.5) is 18.9 Å². The molecule has 2 rings (SSSR count). The van der Waals surface area contributed by atoms with Gasteiger partial charge < -0.3 is 10.2 Å². The Kier molecular flexibility index (Phi) is 5.20. The molecule has 118 valence electrons. The van der Waals surface area contributed by atoms with Crippen LogP contribution in [0.15, 0.2) is 22.7 Å². The van der Waals surface area contributed by atoms with Gasteiger partial charge in [-0.2, -0.15) is 13.2 Å². The molecule has 0 radical (unpaired) electrons. The van der Waals surface area contributed by atoms with E-state index in [0.717, 1.165) is 32.1 Å². The van der Waals surface area contributed by atoms with Crippen LogP contribution in [0, 0.1) is 5.92 Å². The summed E-state index contributed by atoms with van der Waals surface area (Å²) >= 11 is 3.36. The van der Waals surface area contributed by atoms with Gasteiger partial charge in [0.25, 0.3) is 0 Å². The minimum atomic E-state index is -4.30. The third-order valence-electron chi connectivity index (χ3n) is 3.71. The molecule has 0 aromatic heterocycles. The van der Waals surface area contributed by atoms with Crippen molar-refractivity contribution in [1.82, 2.24) is 5.32 Å². The molecular weight excluding hydrogens is 345 g/mol. The first kappa shape index (κ1) is 16.6. The molecule has 1 N–H and O–H groups in total. The van der Waals surface area contributed by atoms with Crippen LogP contribution in [0.5, 0.6) is 0 Å². The summed E-state index contributed by atoms with van der Waals surface area (Å²) in [6.45, 7) is 6.68. The summed E-state index contributed by atoms with van der Waals surface area (Å²) < 4.78 is 39.2. The van der Waals surface area contributed by atoms with Crippen LogP contribution in [0.1, 0.15) is 25.8 Å². The molecule has 1 aliphatic rings. The van der Waals surface area contributed by atoms with Crippen LogP contribution in [-0.2, 0) is 6.18 Å². The van der Waals surface area contributed by atoms with Crippen LogP contribution >= 0.6 is 15.9 Å². The zero-order valence-electron chi connectivity index (χ0n) is 12.2. The fourth-order valence-electron chi connectivity index (χ4n) is 2.55. The normalized spacial score (nSPS) is 19.6. The van der Waals surface area contributed by atoms with Gasteiger partial charge in [-0.3, -0.25) is 0 Å². The smallest absolute Gasteiger partial charge is 0.370 e. The summed E-state index contributed by atoms with van der Waals surface area (Å²) in [4.78, 5) is 2.03. The first-order valence-corrected chi connectivity index (χ1v) is 7.91. The summed E-state index contributed by atoms with van der Waals surface area (Å²) in [5.41, 5.74) is 0.0429. The SMILES string of the molecule is CC(C)NCC1CCN(c2cc(C(F)(F)F)ccc2Br)C1. The number of nitrogens with one attached hydrogen (secondary N) is 1. The maximum Gasteiger partial charge on any atom is 0.416 e. The van der Waals surface area contributed by atoms with Gasteiger partial charge in [-0.25, -0.2) is 0 Å². The topological polar surface area (TPSA) is 15.3 Å². The first-order valence-electron chi connectivity index (χ1n) is 7.12. The average Bonchev–Trinajstić information content (AvgIpc) is 2.84. The summed E-state index contributed by atoms with van der Waals surface area (Å²) in [5.74, 6) is 0.480. The van der Waals surface area contributed by atoms with Crippen molar-refractivity contribution in [2.45, 2.75) is 32.5 Å². The predicted molar refractivity (Wildman–Crippen MR) is 82.6 cm³/mol. The molecule has 1 aromatic carbocycles. The highest BCUT2D eigenvalue weighted by atomic mass is 79.9. The first-order chi connectivity index (χ1) is 9.77. The molecule has 0 spiro atoms. The molecule has 1 unspecified atom stereocenters. The second-order valence-electron chi connectivity index (χ2n) is 5.83. The van der Waals surface area contributed by atoms with E-state index < -0.39 is 11.7 Å². The highest BCUT2D eigenvalue weighted by Crippen LogP contribution is 2.37. The maximum atomic E-state index is 12.8. The van der Waals surface area contributed by atoms with Crippen molar-refractivity contribution in [2.24, 2.45) is 5.92 Å².